The molecule has 0 spiro atoms. The molecule has 7 heteroatoms. The summed E-state index contributed by atoms with van der Waals surface area (Å²) in [4.78, 5) is 13.5. The molecule has 0 atom stereocenters. The molecular formula is C15H14FNO4S. The summed E-state index contributed by atoms with van der Waals surface area (Å²) in [5.74, 6) is -0.639. The van der Waals surface area contributed by atoms with Crippen LogP contribution in [0.3, 0.4) is 0 Å². The predicted octanol–water partition coefficient (Wildman–Crippen LogP) is 1.86. The highest BCUT2D eigenvalue weighted by Gasteiger charge is 2.40. The quantitative estimate of drug-likeness (QED) is 0.861. The van der Waals surface area contributed by atoms with Crippen LogP contribution in [0.4, 0.5) is 4.39 Å². The second-order valence-corrected chi connectivity index (χ2v) is 7.51. The Kier molecular flexibility index (Phi) is 3.74. The summed E-state index contributed by atoms with van der Waals surface area (Å²) in [6.45, 7) is 0.247. The summed E-state index contributed by atoms with van der Waals surface area (Å²) in [5, 5.41) is -0.602. The van der Waals surface area contributed by atoms with Gasteiger partial charge in [-0.2, -0.15) is 0 Å². The number of hydrogen-bond acceptors (Lipinski definition) is 4. The van der Waals surface area contributed by atoms with Crippen molar-refractivity contribution in [1.29, 1.82) is 0 Å². The Bertz CT molecular complexity index is 780. The number of nitrogens with zero attached hydrogens (tertiary/aromatic N) is 1. The number of rotatable bonds is 4. The highest BCUT2D eigenvalue weighted by Crippen LogP contribution is 2.22. The molecule has 116 valence electrons. The van der Waals surface area contributed by atoms with E-state index >= 15 is 0 Å². The van der Waals surface area contributed by atoms with Crippen molar-refractivity contribution < 1.29 is 22.0 Å². The summed E-state index contributed by atoms with van der Waals surface area (Å²) in [5.41, 5.74) is 0.224. The highest BCUT2D eigenvalue weighted by atomic mass is 32.2. The van der Waals surface area contributed by atoms with Gasteiger partial charge in [0, 0.05) is 18.7 Å². The monoisotopic (exact) mass is 323 g/mol. The number of likely N-dealkylation sites (tertiary alicyclic amines) is 1. The normalized spacial score (nSPS) is 15.6. The van der Waals surface area contributed by atoms with Gasteiger partial charge in [-0.1, -0.05) is 6.07 Å². The smallest absolute Gasteiger partial charge is 0.254 e. The van der Waals surface area contributed by atoms with E-state index in [9.17, 15) is 17.6 Å². The molecule has 5 nitrogen and oxygen atoms in total. The second kappa shape index (κ2) is 5.57. The Labute approximate surface area is 127 Å². The molecule has 0 N–H and O–H groups in total. The maximum absolute atomic E-state index is 13.1. The van der Waals surface area contributed by atoms with Gasteiger partial charge in [-0.25, -0.2) is 12.8 Å². The highest BCUT2D eigenvalue weighted by molar-refractivity contribution is 7.91. The Balaban J connectivity index is 1.63. The number of furan rings is 1. The van der Waals surface area contributed by atoms with Gasteiger partial charge in [0.05, 0.1) is 11.5 Å². The molecule has 1 aromatic carbocycles. The molecular weight excluding hydrogens is 309 g/mol. The summed E-state index contributed by atoms with van der Waals surface area (Å²) >= 11 is 0. The zero-order valence-corrected chi connectivity index (χ0v) is 12.4. The van der Waals surface area contributed by atoms with E-state index in [1.165, 1.54) is 29.4 Å². The number of carbonyl (C=O) groups excluding carboxylic acids is 1. The first-order valence-corrected chi connectivity index (χ1v) is 8.46. The van der Waals surface area contributed by atoms with Gasteiger partial charge in [0.15, 0.2) is 9.84 Å². The fourth-order valence-electron chi connectivity index (χ4n) is 2.35. The van der Waals surface area contributed by atoms with Crippen LogP contribution in [0.2, 0.25) is 0 Å². The molecule has 0 bridgehead atoms. The van der Waals surface area contributed by atoms with Crippen molar-refractivity contribution in [3.05, 3.63) is 59.8 Å². The summed E-state index contributed by atoms with van der Waals surface area (Å²) in [6, 6.07) is 8.59. The molecule has 1 saturated heterocycles. The zero-order chi connectivity index (χ0) is 15.7. The minimum absolute atomic E-state index is 0.123. The first-order chi connectivity index (χ1) is 10.5. The van der Waals surface area contributed by atoms with Crippen LogP contribution in [0, 0.1) is 5.82 Å². The fourth-order valence-corrected chi connectivity index (χ4v) is 3.96. The predicted molar refractivity (Wildman–Crippen MR) is 77.4 cm³/mol. The van der Waals surface area contributed by atoms with Gasteiger partial charge in [0.25, 0.3) is 5.91 Å². The molecule has 1 amide bonds. The third kappa shape index (κ3) is 2.89. The molecule has 2 aromatic rings. The lowest BCUT2D eigenvalue weighted by molar-refractivity contribution is 0.0658. The molecule has 1 aromatic heterocycles. The Hall–Kier alpha value is -2.15. The molecule has 2 heterocycles. The van der Waals surface area contributed by atoms with Crippen molar-refractivity contribution in [2.45, 2.75) is 11.0 Å². The minimum Gasteiger partial charge on any atom is -0.468 e. The molecule has 1 aliphatic heterocycles. The molecule has 22 heavy (non-hydrogen) atoms. The van der Waals surface area contributed by atoms with E-state index in [0.29, 0.717) is 5.76 Å². The molecule has 3 rings (SSSR count). The third-order valence-corrected chi connectivity index (χ3v) is 5.64. The van der Waals surface area contributed by atoms with Crippen molar-refractivity contribution in [3.63, 3.8) is 0 Å². The average Bonchev–Trinajstić information content (AvgIpc) is 2.88. The van der Waals surface area contributed by atoms with Gasteiger partial charge >= 0.3 is 0 Å². The molecule has 0 aliphatic carbocycles. The van der Waals surface area contributed by atoms with Crippen molar-refractivity contribution in [1.82, 2.24) is 4.90 Å². The standard InChI is InChI=1S/C15H14FNO4S/c16-12-4-1-3-11(7-12)15(18)17-8-14(9-17)22(19,20)10-13-5-2-6-21-13/h1-7,14H,8-10H2. The summed E-state index contributed by atoms with van der Waals surface area (Å²) in [6.07, 6.45) is 1.42. The second-order valence-electron chi connectivity index (χ2n) is 5.23. The van der Waals surface area contributed by atoms with Crippen LogP contribution < -0.4 is 0 Å². The van der Waals surface area contributed by atoms with Gasteiger partial charge in [-0.05, 0) is 30.3 Å². The van der Waals surface area contributed by atoms with Crippen LogP contribution in [-0.4, -0.2) is 37.6 Å². The molecule has 0 saturated carbocycles. The molecule has 1 fully saturated rings. The van der Waals surface area contributed by atoms with Gasteiger partial charge in [-0.15, -0.1) is 0 Å². The van der Waals surface area contributed by atoms with Crippen molar-refractivity contribution >= 4 is 15.7 Å². The van der Waals surface area contributed by atoms with Gasteiger partial charge in [0.1, 0.15) is 17.3 Å². The van der Waals surface area contributed by atoms with Crippen molar-refractivity contribution in [2.24, 2.45) is 0 Å². The van der Waals surface area contributed by atoms with E-state index in [1.807, 2.05) is 0 Å². The maximum Gasteiger partial charge on any atom is 0.254 e. The van der Waals surface area contributed by atoms with Gasteiger partial charge in [-0.3, -0.25) is 4.79 Å². The largest absolute Gasteiger partial charge is 0.468 e. The first-order valence-electron chi connectivity index (χ1n) is 6.74. The van der Waals surface area contributed by atoms with E-state index in [-0.39, 0.29) is 30.3 Å². The minimum atomic E-state index is -3.37. The average molecular weight is 323 g/mol. The Morgan fingerprint density at radius 2 is 2.05 bits per heavy atom. The van der Waals surface area contributed by atoms with Crippen LogP contribution in [0.15, 0.2) is 47.1 Å². The zero-order valence-electron chi connectivity index (χ0n) is 11.6. The van der Waals surface area contributed by atoms with E-state index in [2.05, 4.69) is 0 Å². The number of sulfone groups is 1. The van der Waals surface area contributed by atoms with Crippen LogP contribution in [0.25, 0.3) is 0 Å². The molecule has 0 radical (unpaired) electrons. The van der Waals surface area contributed by atoms with Crippen LogP contribution in [-0.2, 0) is 15.6 Å². The number of halogens is 1. The first kappa shape index (κ1) is 14.8. The summed E-state index contributed by atoms with van der Waals surface area (Å²) < 4.78 is 42.5. The number of carbonyl (C=O) groups is 1. The maximum atomic E-state index is 13.1. The summed E-state index contributed by atoms with van der Waals surface area (Å²) in [7, 11) is -3.37. The lowest BCUT2D eigenvalue weighted by Gasteiger charge is -2.38. The van der Waals surface area contributed by atoms with E-state index in [1.54, 1.807) is 12.1 Å². The van der Waals surface area contributed by atoms with E-state index in [0.717, 1.165) is 6.07 Å². The number of amides is 1. The van der Waals surface area contributed by atoms with Crippen molar-refractivity contribution in [2.75, 3.05) is 13.1 Å². The number of hydrogen-bond donors (Lipinski definition) is 0. The van der Waals surface area contributed by atoms with E-state index in [4.69, 9.17) is 4.42 Å². The van der Waals surface area contributed by atoms with Crippen LogP contribution in [0.5, 0.6) is 0 Å². The topological polar surface area (TPSA) is 67.6 Å². The lowest BCUT2D eigenvalue weighted by atomic mass is 10.1. The third-order valence-electron chi connectivity index (χ3n) is 3.64. The molecule has 0 unspecified atom stereocenters. The lowest BCUT2D eigenvalue weighted by Crippen LogP contribution is -2.57. The van der Waals surface area contributed by atoms with Crippen molar-refractivity contribution in [3.8, 4) is 0 Å². The number of benzene rings is 1. The molecule has 1 aliphatic rings. The van der Waals surface area contributed by atoms with Gasteiger partial charge in [0.2, 0.25) is 0 Å². The Morgan fingerprint density at radius 1 is 1.27 bits per heavy atom. The van der Waals surface area contributed by atoms with E-state index < -0.39 is 20.9 Å². The Morgan fingerprint density at radius 3 is 2.68 bits per heavy atom. The fraction of sp³-hybridized carbons (Fsp3) is 0.267. The van der Waals surface area contributed by atoms with Crippen LogP contribution >= 0.6 is 0 Å². The SMILES string of the molecule is O=C(c1cccc(F)c1)N1CC(S(=O)(=O)Cc2ccco2)C1. The van der Waals surface area contributed by atoms with Crippen LogP contribution in [0.1, 0.15) is 16.1 Å². The van der Waals surface area contributed by atoms with Gasteiger partial charge < -0.3 is 9.32 Å².